The second kappa shape index (κ2) is 6.52. The van der Waals surface area contributed by atoms with Crippen LogP contribution in [0.4, 0.5) is 20.7 Å². The zero-order valence-electron chi connectivity index (χ0n) is 15.2. The van der Waals surface area contributed by atoms with Gasteiger partial charge >= 0.3 is 0 Å². The maximum absolute atomic E-state index is 14.2. The Morgan fingerprint density at radius 3 is 2.71 bits per heavy atom. The number of H-pyrrole nitrogens is 1. The highest BCUT2D eigenvalue weighted by atomic mass is 19.2. The summed E-state index contributed by atoms with van der Waals surface area (Å²) in [4.78, 5) is 12.7. The van der Waals surface area contributed by atoms with E-state index in [1.54, 1.807) is 20.0 Å². The number of fused-ring (bicyclic) bond motifs is 1. The van der Waals surface area contributed by atoms with E-state index in [2.05, 4.69) is 30.5 Å². The Morgan fingerprint density at radius 1 is 1.07 bits per heavy atom. The Bertz CT molecular complexity index is 1170. The second-order valence-electron chi connectivity index (χ2n) is 6.86. The quantitative estimate of drug-likeness (QED) is 0.499. The highest BCUT2D eigenvalue weighted by Crippen LogP contribution is 2.29. The van der Waals surface area contributed by atoms with Crippen molar-refractivity contribution < 1.29 is 8.78 Å². The smallest absolute Gasteiger partial charge is 0.228 e. The van der Waals surface area contributed by atoms with Gasteiger partial charge in [-0.2, -0.15) is 20.1 Å². The molecule has 4 N–H and O–H groups in total. The van der Waals surface area contributed by atoms with Crippen molar-refractivity contribution in [3.05, 3.63) is 59.8 Å². The molecule has 0 bridgehead atoms. The lowest BCUT2D eigenvalue weighted by atomic mass is 9.94. The van der Waals surface area contributed by atoms with Crippen molar-refractivity contribution >= 4 is 22.8 Å². The van der Waals surface area contributed by atoms with E-state index in [0.29, 0.717) is 11.4 Å². The Labute approximate surface area is 159 Å². The third-order valence-electron chi connectivity index (χ3n) is 4.40. The van der Waals surface area contributed by atoms with Gasteiger partial charge in [-0.3, -0.25) is 5.10 Å². The van der Waals surface area contributed by atoms with Crippen LogP contribution in [0.3, 0.4) is 0 Å². The number of aromatic amines is 1. The van der Waals surface area contributed by atoms with Gasteiger partial charge < -0.3 is 11.1 Å². The second-order valence-corrected chi connectivity index (χ2v) is 6.86. The number of hydrogen-bond acceptors (Lipinski definition) is 6. The van der Waals surface area contributed by atoms with Crippen LogP contribution >= 0.6 is 0 Å². The normalized spacial score (nSPS) is 11.7. The number of halogens is 2. The van der Waals surface area contributed by atoms with E-state index in [4.69, 9.17) is 5.73 Å². The molecule has 0 unspecified atom stereocenters. The van der Waals surface area contributed by atoms with E-state index in [1.165, 1.54) is 12.1 Å². The van der Waals surface area contributed by atoms with E-state index in [1.807, 2.05) is 18.2 Å². The summed E-state index contributed by atoms with van der Waals surface area (Å²) < 4.78 is 27.9. The average molecular weight is 381 g/mol. The standard InChI is InChI=1S/C19H17F2N7/c1-19(2,12-4-3-5-13(20)15(12)21)27-18-25-16(24-17(22)26-18)10-6-7-11-9-23-28-14(11)8-10/h3-9H,1-2H3,(H,23,28)(H3,22,24,25,26,27). The predicted octanol–water partition coefficient (Wildman–Crippen LogP) is 3.62. The fourth-order valence-electron chi connectivity index (χ4n) is 2.99. The van der Waals surface area contributed by atoms with Crippen molar-refractivity contribution in [2.75, 3.05) is 11.1 Å². The number of benzene rings is 2. The van der Waals surface area contributed by atoms with Crippen molar-refractivity contribution in [2.24, 2.45) is 0 Å². The lowest BCUT2D eigenvalue weighted by Crippen LogP contribution is -2.30. The van der Waals surface area contributed by atoms with Crippen LogP contribution in [0.1, 0.15) is 19.4 Å². The van der Waals surface area contributed by atoms with Crippen molar-refractivity contribution in [1.29, 1.82) is 0 Å². The number of nitrogens with two attached hydrogens (primary N) is 1. The fourth-order valence-corrected chi connectivity index (χ4v) is 2.99. The van der Waals surface area contributed by atoms with Crippen LogP contribution in [0.2, 0.25) is 0 Å². The number of nitrogen functional groups attached to an aromatic ring is 1. The summed E-state index contributed by atoms with van der Waals surface area (Å²) in [6, 6.07) is 9.59. The molecular weight excluding hydrogens is 364 g/mol. The summed E-state index contributed by atoms with van der Waals surface area (Å²) >= 11 is 0. The molecule has 0 atom stereocenters. The van der Waals surface area contributed by atoms with Gasteiger partial charge in [0.25, 0.3) is 0 Å². The van der Waals surface area contributed by atoms with E-state index >= 15 is 0 Å². The molecule has 142 valence electrons. The van der Waals surface area contributed by atoms with Crippen LogP contribution in [-0.4, -0.2) is 25.1 Å². The third kappa shape index (κ3) is 3.22. The summed E-state index contributed by atoms with van der Waals surface area (Å²) in [5.74, 6) is -1.33. The lowest BCUT2D eigenvalue weighted by molar-refractivity contribution is 0.468. The molecule has 2 heterocycles. The first-order chi connectivity index (χ1) is 13.3. The molecule has 7 nitrogen and oxygen atoms in total. The van der Waals surface area contributed by atoms with Crippen LogP contribution in [0.15, 0.2) is 42.6 Å². The highest BCUT2D eigenvalue weighted by Gasteiger charge is 2.27. The van der Waals surface area contributed by atoms with Gasteiger partial charge in [-0.1, -0.05) is 24.3 Å². The maximum Gasteiger partial charge on any atom is 0.228 e. The van der Waals surface area contributed by atoms with Gasteiger partial charge in [-0.05, 0) is 26.0 Å². The number of anilines is 2. The molecule has 0 aliphatic carbocycles. The van der Waals surface area contributed by atoms with Gasteiger partial charge in [0.2, 0.25) is 11.9 Å². The van der Waals surface area contributed by atoms with Gasteiger partial charge in [0, 0.05) is 16.5 Å². The predicted molar refractivity (Wildman–Crippen MR) is 102 cm³/mol. The number of rotatable bonds is 4. The van der Waals surface area contributed by atoms with Gasteiger partial charge in [0.1, 0.15) is 0 Å². The maximum atomic E-state index is 14.2. The molecule has 0 radical (unpaired) electrons. The Morgan fingerprint density at radius 2 is 1.89 bits per heavy atom. The minimum absolute atomic E-state index is 0.00715. The minimum atomic E-state index is -0.995. The minimum Gasteiger partial charge on any atom is -0.368 e. The molecule has 4 aromatic rings. The topological polar surface area (TPSA) is 105 Å². The fraction of sp³-hybridized carbons (Fsp3) is 0.158. The van der Waals surface area contributed by atoms with E-state index in [0.717, 1.165) is 17.0 Å². The molecule has 0 amide bonds. The number of nitrogens with zero attached hydrogens (tertiary/aromatic N) is 4. The van der Waals surface area contributed by atoms with E-state index in [-0.39, 0.29) is 17.5 Å². The molecule has 28 heavy (non-hydrogen) atoms. The zero-order valence-corrected chi connectivity index (χ0v) is 15.2. The summed E-state index contributed by atoms with van der Waals surface area (Å²) in [5.41, 5.74) is 6.53. The molecule has 2 aromatic heterocycles. The Hall–Kier alpha value is -3.62. The van der Waals surface area contributed by atoms with Crippen molar-refractivity contribution in [2.45, 2.75) is 19.4 Å². The van der Waals surface area contributed by atoms with E-state index in [9.17, 15) is 8.78 Å². The van der Waals surface area contributed by atoms with Crippen molar-refractivity contribution in [3.8, 4) is 11.4 Å². The van der Waals surface area contributed by atoms with Gasteiger partial charge in [0.05, 0.1) is 17.3 Å². The molecule has 0 spiro atoms. The van der Waals surface area contributed by atoms with Crippen LogP contribution in [0.5, 0.6) is 0 Å². The number of aromatic nitrogens is 5. The first-order valence-corrected chi connectivity index (χ1v) is 8.51. The first-order valence-electron chi connectivity index (χ1n) is 8.51. The van der Waals surface area contributed by atoms with Gasteiger partial charge in [0.15, 0.2) is 17.5 Å². The van der Waals surface area contributed by atoms with Crippen molar-refractivity contribution in [3.63, 3.8) is 0 Å². The largest absolute Gasteiger partial charge is 0.368 e. The number of hydrogen-bond donors (Lipinski definition) is 3. The molecular formula is C19H17F2N7. The molecule has 0 saturated heterocycles. The zero-order chi connectivity index (χ0) is 19.9. The summed E-state index contributed by atoms with van der Waals surface area (Å²) in [6.45, 7) is 3.39. The van der Waals surface area contributed by atoms with Crippen LogP contribution < -0.4 is 11.1 Å². The SMILES string of the molecule is CC(C)(Nc1nc(N)nc(-c2ccc3cn[nH]c3c2)n1)c1cccc(F)c1F. The molecule has 0 fully saturated rings. The van der Waals surface area contributed by atoms with Crippen molar-refractivity contribution in [1.82, 2.24) is 25.1 Å². The third-order valence-corrected chi connectivity index (χ3v) is 4.40. The van der Waals surface area contributed by atoms with Gasteiger partial charge in [-0.15, -0.1) is 0 Å². The highest BCUT2D eigenvalue weighted by molar-refractivity contribution is 5.82. The summed E-state index contributed by atoms with van der Waals surface area (Å²) in [5, 5.41) is 10.8. The molecule has 0 aliphatic rings. The Balaban J connectivity index is 1.71. The van der Waals surface area contributed by atoms with Gasteiger partial charge in [-0.25, -0.2) is 8.78 Å². The Kier molecular flexibility index (Phi) is 4.14. The molecule has 0 saturated carbocycles. The molecule has 4 rings (SSSR count). The van der Waals surface area contributed by atoms with Crippen LogP contribution in [0.25, 0.3) is 22.3 Å². The number of nitrogens with one attached hydrogen (secondary N) is 2. The molecule has 9 heteroatoms. The van der Waals surface area contributed by atoms with Crippen LogP contribution in [-0.2, 0) is 5.54 Å². The monoisotopic (exact) mass is 381 g/mol. The van der Waals surface area contributed by atoms with E-state index < -0.39 is 17.2 Å². The lowest BCUT2D eigenvalue weighted by Gasteiger charge is -2.27. The first kappa shape index (κ1) is 17.8. The average Bonchev–Trinajstić information content (AvgIpc) is 3.10. The molecule has 2 aromatic carbocycles. The molecule has 0 aliphatic heterocycles. The summed E-state index contributed by atoms with van der Waals surface area (Å²) in [7, 11) is 0. The van der Waals surface area contributed by atoms with Crippen LogP contribution in [0, 0.1) is 11.6 Å². The summed E-state index contributed by atoms with van der Waals surface area (Å²) in [6.07, 6.45) is 1.71.